The van der Waals surface area contributed by atoms with Crippen LogP contribution in [0.4, 0.5) is 17.2 Å². The number of halogens is 1. The summed E-state index contributed by atoms with van der Waals surface area (Å²) in [4.78, 5) is 4.35. The van der Waals surface area contributed by atoms with Crippen molar-refractivity contribution in [3.63, 3.8) is 0 Å². The zero-order chi connectivity index (χ0) is 13.8. The van der Waals surface area contributed by atoms with Crippen molar-refractivity contribution in [1.82, 2.24) is 4.98 Å². The molecule has 0 aliphatic carbocycles. The van der Waals surface area contributed by atoms with Gasteiger partial charge in [0.15, 0.2) is 0 Å². The summed E-state index contributed by atoms with van der Waals surface area (Å²) >= 11 is 3.56. The number of anilines is 3. The van der Waals surface area contributed by atoms with Crippen molar-refractivity contribution in [1.29, 1.82) is 0 Å². The quantitative estimate of drug-likeness (QED) is 0.897. The van der Waals surface area contributed by atoms with Gasteiger partial charge < -0.3 is 15.8 Å². The fraction of sp³-hybridized carbons (Fsp3) is 0.214. The van der Waals surface area contributed by atoms with Crippen molar-refractivity contribution in [2.45, 2.75) is 13.8 Å². The Morgan fingerprint density at radius 3 is 2.84 bits per heavy atom. The molecule has 0 saturated heterocycles. The van der Waals surface area contributed by atoms with Crippen LogP contribution in [-0.2, 0) is 0 Å². The predicted octanol–water partition coefficient (Wildman–Crippen LogP) is 3.88. The number of ether oxygens (including phenoxy) is 1. The summed E-state index contributed by atoms with van der Waals surface area (Å²) in [6.07, 6.45) is 0. The number of nitrogen functional groups attached to an aromatic ring is 1. The van der Waals surface area contributed by atoms with Gasteiger partial charge >= 0.3 is 0 Å². The SMILES string of the molecule is CCOc1nc(Nc2cccc(C)c2Br)ccc1N. The minimum Gasteiger partial charge on any atom is -0.476 e. The Bertz CT molecular complexity index is 587. The highest BCUT2D eigenvalue weighted by Gasteiger charge is 2.06. The number of nitrogens with zero attached hydrogens (tertiary/aromatic N) is 1. The molecule has 2 aromatic rings. The molecule has 5 heteroatoms. The van der Waals surface area contributed by atoms with Gasteiger partial charge in [-0.15, -0.1) is 0 Å². The van der Waals surface area contributed by atoms with Crippen LogP contribution in [0, 0.1) is 6.92 Å². The molecule has 0 fully saturated rings. The van der Waals surface area contributed by atoms with E-state index in [9.17, 15) is 0 Å². The first-order valence-electron chi connectivity index (χ1n) is 6.03. The molecule has 3 N–H and O–H groups in total. The van der Waals surface area contributed by atoms with Gasteiger partial charge in [-0.05, 0) is 53.5 Å². The largest absolute Gasteiger partial charge is 0.476 e. The molecule has 19 heavy (non-hydrogen) atoms. The van der Waals surface area contributed by atoms with Crippen LogP contribution in [0.2, 0.25) is 0 Å². The van der Waals surface area contributed by atoms with E-state index in [4.69, 9.17) is 10.5 Å². The first-order valence-corrected chi connectivity index (χ1v) is 6.82. The van der Waals surface area contributed by atoms with Crippen molar-refractivity contribution in [3.05, 3.63) is 40.4 Å². The van der Waals surface area contributed by atoms with E-state index in [0.717, 1.165) is 15.7 Å². The summed E-state index contributed by atoms with van der Waals surface area (Å²) < 4.78 is 6.40. The van der Waals surface area contributed by atoms with Gasteiger partial charge in [0.25, 0.3) is 0 Å². The first kappa shape index (κ1) is 13.7. The van der Waals surface area contributed by atoms with Crippen LogP contribution in [0.15, 0.2) is 34.8 Å². The van der Waals surface area contributed by atoms with Crippen LogP contribution in [0.25, 0.3) is 0 Å². The Balaban J connectivity index is 2.28. The molecule has 0 atom stereocenters. The molecule has 1 aromatic heterocycles. The number of hydrogen-bond donors (Lipinski definition) is 2. The molecule has 1 aromatic carbocycles. The molecule has 4 nitrogen and oxygen atoms in total. The molecule has 0 spiro atoms. The number of aryl methyl sites for hydroxylation is 1. The second kappa shape index (κ2) is 5.93. The molecule has 2 rings (SSSR count). The van der Waals surface area contributed by atoms with Gasteiger partial charge in [-0.3, -0.25) is 0 Å². The van der Waals surface area contributed by atoms with Gasteiger partial charge in [-0.1, -0.05) is 12.1 Å². The van der Waals surface area contributed by atoms with Crippen LogP contribution in [0.3, 0.4) is 0 Å². The van der Waals surface area contributed by atoms with Crippen LogP contribution in [0.1, 0.15) is 12.5 Å². The van der Waals surface area contributed by atoms with Crippen LogP contribution >= 0.6 is 15.9 Å². The topological polar surface area (TPSA) is 60.2 Å². The van der Waals surface area contributed by atoms with E-state index in [1.165, 1.54) is 0 Å². The van der Waals surface area contributed by atoms with Crippen molar-refractivity contribution in [3.8, 4) is 5.88 Å². The van der Waals surface area contributed by atoms with E-state index in [1.807, 2.05) is 38.1 Å². The molecule has 1 heterocycles. The molecule has 0 unspecified atom stereocenters. The maximum absolute atomic E-state index is 5.80. The minimum absolute atomic E-state index is 0.455. The molecular weight excluding hydrogens is 306 g/mol. The number of benzene rings is 1. The lowest BCUT2D eigenvalue weighted by Crippen LogP contribution is -2.02. The second-order valence-corrected chi connectivity index (χ2v) is 4.88. The van der Waals surface area contributed by atoms with Gasteiger partial charge in [0.05, 0.1) is 18.0 Å². The Labute approximate surface area is 121 Å². The van der Waals surface area contributed by atoms with Crippen molar-refractivity contribution >= 4 is 33.1 Å². The Morgan fingerprint density at radius 2 is 2.11 bits per heavy atom. The number of pyridine rings is 1. The minimum atomic E-state index is 0.455. The fourth-order valence-corrected chi connectivity index (χ4v) is 2.02. The fourth-order valence-electron chi connectivity index (χ4n) is 1.66. The van der Waals surface area contributed by atoms with Crippen LogP contribution < -0.4 is 15.8 Å². The van der Waals surface area contributed by atoms with Gasteiger partial charge in [0, 0.05) is 4.47 Å². The molecule has 0 aliphatic rings. The maximum atomic E-state index is 5.80. The monoisotopic (exact) mass is 321 g/mol. The third-order valence-electron chi connectivity index (χ3n) is 2.63. The van der Waals surface area contributed by atoms with Crippen molar-refractivity contribution < 1.29 is 4.74 Å². The number of rotatable bonds is 4. The summed E-state index contributed by atoms with van der Waals surface area (Å²) in [7, 11) is 0. The number of nitrogens with one attached hydrogen (secondary N) is 1. The zero-order valence-electron chi connectivity index (χ0n) is 10.9. The third kappa shape index (κ3) is 3.17. The molecule has 0 amide bonds. The van der Waals surface area contributed by atoms with Gasteiger partial charge in [-0.25, -0.2) is 0 Å². The maximum Gasteiger partial charge on any atom is 0.239 e. The van der Waals surface area contributed by atoms with Crippen LogP contribution in [-0.4, -0.2) is 11.6 Å². The van der Waals surface area contributed by atoms with Gasteiger partial charge in [0.2, 0.25) is 5.88 Å². The third-order valence-corrected chi connectivity index (χ3v) is 3.68. The number of aromatic nitrogens is 1. The second-order valence-electron chi connectivity index (χ2n) is 4.09. The van der Waals surface area contributed by atoms with E-state index >= 15 is 0 Å². The summed E-state index contributed by atoms with van der Waals surface area (Å²) in [5.74, 6) is 1.15. The average Bonchev–Trinajstić information content (AvgIpc) is 2.39. The highest BCUT2D eigenvalue weighted by Crippen LogP contribution is 2.29. The van der Waals surface area contributed by atoms with Crippen LogP contribution in [0.5, 0.6) is 5.88 Å². The smallest absolute Gasteiger partial charge is 0.239 e. The Hall–Kier alpha value is -1.75. The van der Waals surface area contributed by atoms with E-state index in [2.05, 4.69) is 26.2 Å². The van der Waals surface area contributed by atoms with Gasteiger partial charge in [0.1, 0.15) is 5.82 Å². The predicted molar refractivity (Wildman–Crippen MR) is 82.0 cm³/mol. The highest BCUT2D eigenvalue weighted by atomic mass is 79.9. The molecule has 0 saturated carbocycles. The number of nitrogens with two attached hydrogens (primary N) is 1. The van der Waals surface area contributed by atoms with Gasteiger partial charge in [-0.2, -0.15) is 4.98 Å². The Morgan fingerprint density at radius 1 is 1.32 bits per heavy atom. The summed E-state index contributed by atoms with van der Waals surface area (Å²) in [6, 6.07) is 9.62. The summed E-state index contributed by atoms with van der Waals surface area (Å²) in [5, 5.41) is 3.25. The van der Waals surface area contributed by atoms with E-state index in [0.29, 0.717) is 24.0 Å². The molecule has 100 valence electrons. The lowest BCUT2D eigenvalue weighted by Gasteiger charge is -2.12. The Kier molecular flexibility index (Phi) is 4.27. The lowest BCUT2D eigenvalue weighted by molar-refractivity contribution is 0.329. The van der Waals surface area contributed by atoms with E-state index < -0.39 is 0 Å². The van der Waals surface area contributed by atoms with Crippen molar-refractivity contribution in [2.24, 2.45) is 0 Å². The average molecular weight is 322 g/mol. The molecule has 0 radical (unpaired) electrons. The van der Waals surface area contributed by atoms with Crippen molar-refractivity contribution in [2.75, 3.05) is 17.7 Å². The van der Waals surface area contributed by atoms with E-state index in [-0.39, 0.29) is 0 Å². The molecular formula is C14H16BrN3O. The van der Waals surface area contributed by atoms with E-state index in [1.54, 1.807) is 6.07 Å². The zero-order valence-corrected chi connectivity index (χ0v) is 12.5. The summed E-state index contributed by atoms with van der Waals surface area (Å²) in [5.41, 5.74) is 8.45. The standard InChI is InChI=1S/C14H16BrN3O/c1-3-19-14-10(16)7-8-12(18-14)17-11-6-4-5-9(2)13(11)15/h4-8H,3,16H2,1-2H3,(H,17,18). The molecule has 0 aliphatic heterocycles. The first-order chi connectivity index (χ1) is 9.11. The lowest BCUT2D eigenvalue weighted by atomic mass is 10.2. The summed E-state index contributed by atoms with van der Waals surface area (Å²) in [6.45, 7) is 4.48. The highest BCUT2D eigenvalue weighted by molar-refractivity contribution is 9.10. The number of hydrogen-bond acceptors (Lipinski definition) is 4. The normalized spacial score (nSPS) is 10.3. The molecule has 0 bridgehead atoms.